The Morgan fingerprint density at radius 1 is 1.00 bits per heavy atom. The van der Waals surface area contributed by atoms with Gasteiger partial charge in [-0.15, -0.1) is 0 Å². The van der Waals surface area contributed by atoms with Crippen molar-refractivity contribution in [3.05, 3.63) is 77.3 Å². The first-order valence-electron chi connectivity index (χ1n) is 12.2. The Labute approximate surface area is 215 Å². The first-order chi connectivity index (χ1) is 17.5. The van der Waals surface area contributed by atoms with Crippen LogP contribution in [0.3, 0.4) is 0 Å². The van der Waals surface area contributed by atoms with Crippen molar-refractivity contribution in [2.75, 3.05) is 19.5 Å². The highest BCUT2D eigenvalue weighted by Crippen LogP contribution is 2.38. The molecule has 0 spiro atoms. The van der Waals surface area contributed by atoms with Crippen LogP contribution in [0.2, 0.25) is 5.02 Å². The number of aromatic nitrogens is 2. The van der Waals surface area contributed by atoms with E-state index in [0.717, 1.165) is 53.8 Å². The van der Waals surface area contributed by atoms with E-state index in [9.17, 15) is 4.39 Å². The molecule has 5 rings (SSSR count). The van der Waals surface area contributed by atoms with Crippen LogP contribution in [-0.2, 0) is 6.54 Å². The molecule has 0 amide bonds. The number of anilines is 1. The number of fused-ring (bicyclic) bond motifs is 1. The van der Waals surface area contributed by atoms with E-state index in [4.69, 9.17) is 26.1 Å². The Balaban J connectivity index is 1.22. The molecule has 0 saturated heterocycles. The van der Waals surface area contributed by atoms with E-state index in [2.05, 4.69) is 22.8 Å². The van der Waals surface area contributed by atoms with Crippen molar-refractivity contribution in [2.45, 2.75) is 44.3 Å². The lowest BCUT2D eigenvalue weighted by atomic mass is 9.91. The molecule has 0 unspecified atom stereocenters. The zero-order chi connectivity index (χ0) is 25.1. The fourth-order valence-corrected chi connectivity index (χ4v) is 5.09. The standard InChI is InChI=1S/C28H30ClFN4O2/c1-35-26-15-27(36-2)24(29)14-23(26)25-17-34-11-10-22(13-28(34)33-25)32-21-8-6-20(7-9-21)31-16-18-4-3-5-19(30)12-18/h3-5,10-15,17,20-21,31-32H,6-9,16H2,1-2H3/t20-,21+. The van der Waals surface area contributed by atoms with Gasteiger partial charge in [-0.25, -0.2) is 9.37 Å². The fourth-order valence-electron chi connectivity index (χ4n) is 4.85. The summed E-state index contributed by atoms with van der Waals surface area (Å²) in [4.78, 5) is 4.82. The maximum Gasteiger partial charge on any atom is 0.141 e. The molecule has 1 aliphatic carbocycles. The molecular formula is C28H30ClFN4O2. The van der Waals surface area contributed by atoms with Crippen LogP contribution in [0.25, 0.3) is 16.9 Å². The number of hydrogen-bond acceptors (Lipinski definition) is 5. The number of imidazole rings is 1. The monoisotopic (exact) mass is 508 g/mol. The van der Waals surface area contributed by atoms with Crippen LogP contribution in [-0.4, -0.2) is 35.7 Å². The van der Waals surface area contributed by atoms with Crippen LogP contribution in [0.4, 0.5) is 10.1 Å². The lowest BCUT2D eigenvalue weighted by molar-refractivity contribution is 0.352. The van der Waals surface area contributed by atoms with Gasteiger partial charge in [0, 0.05) is 54.4 Å². The fraction of sp³-hybridized carbons (Fsp3) is 0.321. The SMILES string of the molecule is COc1cc(OC)c(-c2cn3ccc(N[C@H]4CC[C@@H](NCc5cccc(F)c5)CC4)cc3n2)cc1Cl. The van der Waals surface area contributed by atoms with Crippen LogP contribution >= 0.6 is 11.6 Å². The predicted octanol–water partition coefficient (Wildman–Crippen LogP) is 6.32. The number of nitrogens with one attached hydrogen (secondary N) is 2. The molecule has 188 valence electrons. The number of hydrogen-bond donors (Lipinski definition) is 2. The van der Waals surface area contributed by atoms with Crippen LogP contribution in [0.1, 0.15) is 31.2 Å². The van der Waals surface area contributed by atoms with Crippen molar-refractivity contribution in [2.24, 2.45) is 0 Å². The average Bonchev–Trinajstić information content (AvgIpc) is 3.31. The van der Waals surface area contributed by atoms with Crippen LogP contribution in [0.15, 0.2) is 60.9 Å². The van der Waals surface area contributed by atoms with Gasteiger partial charge in [0.15, 0.2) is 0 Å². The van der Waals surface area contributed by atoms with E-state index in [-0.39, 0.29) is 5.82 Å². The normalized spacial score (nSPS) is 17.8. The third kappa shape index (κ3) is 5.42. The summed E-state index contributed by atoms with van der Waals surface area (Å²) >= 11 is 6.36. The highest BCUT2D eigenvalue weighted by Gasteiger charge is 2.21. The van der Waals surface area contributed by atoms with E-state index in [1.165, 1.54) is 6.07 Å². The molecule has 0 aliphatic heterocycles. The molecule has 6 nitrogen and oxygen atoms in total. The summed E-state index contributed by atoms with van der Waals surface area (Å²) < 4.78 is 26.2. The summed E-state index contributed by atoms with van der Waals surface area (Å²) in [7, 11) is 3.20. The van der Waals surface area contributed by atoms with Crippen molar-refractivity contribution in [1.29, 1.82) is 0 Å². The van der Waals surface area contributed by atoms with Crippen molar-refractivity contribution < 1.29 is 13.9 Å². The highest BCUT2D eigenvalue weighted by atomic mass is 35.5. The second kappa shape index (κ2) is 10.8. The molecule has 2 aromatic carbocycles. The van der Waals surface area contributed by atoms with E-state index < -0.39 is 0 Å². The van der Waals surface area contributed by atoms with Crippen LogP contribution < -0.4 is 20.1 Å². The molecule has 1 saturated carbocycles. The Kier molecular flexibility index (Phi) is 7.30. The summed E-state index contributed by atoms with van der Waals surface area (Å²) in [5.41, 5.74) is 4.46. The maximum absolute atomic E-state index is 13.4. The number of nitrogens with zero attached hydrogens (tertiary/aromatic N) is 2. The van der Waals surface area contributed by atoms with Gasteiger partial charge >= 0.3 is 0 Å². The highest BCUT2D eigenvalue weighted by molar-refractivity contribution is 6.32. The Bertz CT molecular complexity index is 1350. The lowest BCUT2D eigenvalue weighted by Crippen LogP contribution is -2.36. The summed E-state index contributed by atoms with van der Waals surface area (Å²) in [5.74, 6) is 1.03. The quantitative estimate of drug-likeness (QED) is 0.291. The van der Waals surface area contributed by atoms with Gasteiger partial charge in [-0.2, -0.15) is 0 Å². The molecule has 2 N–H and O–H groups in total. The van der Waals surface area contributed by atoms with Gasteiger partial charge in [-0.05, 0) is 55.5 Å². The van der Waals surface area contributed by atoms with Gasteiger partial charge in [-0.3, -0.25) is 0 Å². The summed E-state index contributed by atoms with van der Waals surface area (Å²) in [6, 6.07) is 15.4. The molecule has 1 fully saturated rings. The van der Waals surface area contributed by atoms with E-state index in [0.29, 0.717) is 35.2 Å². The Hall–Kier alpha value is -3.29. The number of methoxy groups -OCH3 is 2. The molecular weight excluding hydrogens is 479 g/mol. The zero-order valence-corrected chi connectivity index (χ0v) is 21.2. The maximum atomic E-state index is 13.4. The topological polar surface area (TPSA) is 59.8 Å². The molecule has 0 atom stereocenters. The minimum Gasteiger partial charge on any atom is -0.496 e. The first kappa shape index (κ1) is 24.4. The number of benzene rings is 2. The van der Waals surface area contributed by atoms with Gasteiger partial charge < -0.3 is 24.5 Å². The number of pyridine rings is 1. The van der Waals surface area contributed by atoms with E-state index >= 15 is 0 Å². The third-order valence-corrected chi connectivity index (χ3v) is 7.09. The minimum atomic E-state index is -0.185. The molecule has 2 heterocycles. The van der Waals surface area contributed by atoms with E-state index in [1.54, 1.807) is 32.4 Å². The average molecular weight is 509 g/mol. The second-order valence-corrected chi connectivity index (χ2v) is 9.60. The van der Waals surface area contributed by atoms with E-state index in [1.807, 2.05) is 28.9 Å². The number of ether oxygens (including phenoxy) is 2. The molecule has 0 radical (unpaired) electrons. The zero-order valence-electron chi connectivity index (χ0n) is 20.4. The van der Waals surface area contributed by atoms with Gasteiger partial charge in [0.2, 0.25) is 0 Å². The van der Waals surface area contributed by atoms with Crippen molar-refractivity contribution in [3.63, 3.8) is 0 Å². The van der Waals surface area contributed by atoms with Gasteiger partial charge in [0.1, 0.15) is 23.0 Å². The molecule has 4 aromatic rings. The van der Waals surface area contributed by atoms with Crippen molar-refractivity contribution in [3.8, 4) is 22.8 Å². The second-order valence-electron chi connectivity index (χ2n) is 9.20. The van der Waals surface area contributed by atoms with Crippen LogP contribution in [0.5, 0.6) is 11.5 Å². The van der Waals surface area contributed by atoms with Gasteiger partial charge in [-0.1, -0.05) is 23.7 Å². The number of halogens is 2. The smallest absolute Gasteiger partial charge is 0.141 e. The summed E-state index contributed by atoms with van der Waals surface area (Å²) in [6.45, 7) is 0.698. The molecule has 2 aromatic heterocycles. The van der Waals surface area contributed by atoms with Crippen molar-refractivity contribution >= 4 is 22.9 Å². The molecule has 1 aliphatic rings. The Morgan fingerprint density at radius 2 is 1.78 bits per heavy atom. The molecule has 0 bridgehead atoms. The number of rotatable bonds is 8. The largest absolute Gasteiger partial charge is 0.496 e. The summed E-state index contributed by atoms with van der Waals surface area (Å²) in [5, 5.41) is 7.76. The lowest BCUT2D eigenvalue weighted by Gasteiger charge is -2.30. The third-order valence-electron chi connectivity index (χ3n) is 6.79. The summed E-state index contributed by atoms with van der Waals surface area (Å²) in [6.07, 6.45) is 8.30. The van der Waals surface area contributed by atoms with Crippen LogP contribution in [0, 0.1) is 5.82 Å². The predicted molar refractivity (Wildman–Crippen MR) is 142 cm³/mol. The van der Waals surface area contributed by atoms with Gasteiger partial charge in [0.25, 0.3) is 0 Å². The first-order valence-corrected chi connectivity index (χ1v) is 12.5. The van der Waals surface area contributed by atoms with Crippen molar-refractivity contribution in [1.82, 2.24) is 14.7 Å². The van der Waals surface area contributed by atoms with Gasteiger partial charge in [0.05, 0.1) is 24.9 Å². The minimum absolute atomic E-state index is 0.185. The molecule has 36 heavy (non-hydrogen) atoms. The Morgan fingerprint density at radius 3 is 2.53 bits per heavy atom. The molecule has 8 heteroatoms.